The van der Waals surface area contributed by atoms with E-state index in [1.807, 2.05) is 61.5 Å². The molecule has 0 N–H and O–H groups in total. The average Bonchev–Trinajstić information content (AvgIpc) is 3.48. The fourth-order valence-corrected chi connectivity index (χ4v) is 4.35. The van der Waals surface area contributed by atoms with E-state index in [-0.39, 0.29) is 0 Å². The maximum atomic E-state index is 6.13. The van der Waals surface area contributed by atoms with E-state index in [1.54, 1.807) is 0 Å². The van der Waals surface area contributed by atoms with Gasteiger partial charge in [0.25, 0.3) is 5.89 Å². The van der Waals surface area contributed by atoms with E-state index < -0.39 is 0 Å². The van der Waals surface area contributed by atoms with Crippen molar-refractivity contribution in [3.8, 4) is 28.7 Å². The predicted octanol–water partition coefficient (Wildman–Crippen LogP) is 5.75. The first-order chi connectivity index (χ1) is 16.1. The Morgan fingerprint density at radius 1 is 1.06 bits per heavy atom. The van der Waals surface area contributed by atoms with Gasteiger partial charge in [0, 0.05) is 11.3 Å². The first-order valence-corrected chi connectivity index (χ1v) is 11.9. The summed E-state index contributed by atoms with van der Waals surface area (Å²) < 4.78 is 18.0. The largest absolute Gasteiger partial charge is 0.493 e. The van der Waals surface area contributed by atoms with Crippen LogP contribution in [0.1, 0.15) is 24.3 Å². The van der Waals surface area contributed by atoms with Gasteiger partial charge in [-0.3, -0.25) is 4.90 Å². The number of furan rings is 1. The lowest BCUT2D eigenvalue weighted by atomic mass is 9.98. The number of ether oxygens (including phenoxy) is 1. The van der Waals surface area contributed by atoms with Crippen LogP contribution in [0.25, 0.3) is 23.0 Å². The molecular weight excluding hydrogens is 484 g/mol. The van der Waals surface area contributed by atoms with Crippen LogP contribution in [0, 0.1) is 12.8 Å². The normalized spacial score (nSPS) is 15.1. The zero-order chi connectivity index (χ0) is 22.6. The van der Waals surface area contributed by atoms with Crippen molar-refractivity contribution in [2.75, 3.05) is 19.7 Å². The molecule has 0 unspecified atom stereocenters. The Labute approximate surface area is 200 Å². The third-order valence-electron chi connectivity index (χ3n) is 5.83. The highest BCUT2D eigenvalue weighted by Crippen LogP contribution is 2.26. The molecule has 1 fully saturated rings. The van der Waals surface area contributed by atoms with E-state index in [0.29, 0.717) is 29.9 Å². The van der Waals surface area contributed by atoms with Crippen LogP contribution in [0.2, 0.25) is 0 Å². The van der Waals surface area contributed by atoms with Crippen molar-refractivity contribution in [1.82, 2.24) is 20.0 Å². The zero-order valence-electron chi connectivity index (χ0n) is 18.4. The molecule has 0 amide bonds. The number of benzene rings is 1. The standard InChI is InChI=1S/C25H25BrN4O3/c1-17-4-2-7-22(27-17)24-28-25(33-29-24)19-5-3-6-20(14-19)31-16-18-10-12-30(13-11-18)15-21-8-9-23(26)32-21/h2-9,14,18H,10-13,15-16H2,1H3. The zero-order valence-corrected chi connectivity index (χ0v) is 20.0. The lowest BCUT2D eigenvalue weighted by molar-refractivity contribution is 0.130. The summed E-state index contributed by atoms with van der Waals surface area (Å²) in [6.45, 7) is 5.58. The van der Waals surface area contributed by atoms with Gasteiger partial charge in [0.2, 0.25) is 5.82 Å². The molecule has 3 aromatic heterocycles. The first-order valence-electron chi connectivity index (χ1n) is 11.1. The van der Waals surface area contributed by atoms with Gasteiger partial charge in [-0.25, -0.2) is 4.98 Å². The summed E-state index contributed by atoms with van der Waals surface area (Å²) in [5, 5.41) is 4.09. The number of aryl methyl sites for hydroxylation is 1. The van der Waals surface area contributed by atoms with Gasteiger partial charge < -0.3 is 13.7 Å². The lowest BCUT2D eigenvalue weighted by Crippen LogP contribution is -2.35. The molecule has 0 spiro atoms. The molecule has 1 saturated heterocycles. The van der Waals surface area contributed by atoms with E-state index >= 15 is 0 Å². The van der Waals surface area contributed by atoms with Crippen LogP contribution in [0.15, 0.2) is 68.2 Å². The summed E-state index contributed by atoms with van der Waals surface area (Å²) in [7, 11) is 0. The fraction of sp³-hybridized carbons (Fsp3) is 0.320. The van der Waals surface area contributed by atoms with Gasteiger partial charge in [-0.1, -0.05) is 17.3 Å². The fourth-order valence-electron chi connectivity index (χ4n) is 4.01. The molecule has 1 aromatic carbocycles. The molecule has 5 rings (SSSR count). The third kappa shape index (κ3) is 5.51. The van der Waals surface area contributed by atoms with Gasteiger partial charge in [0.1, 0.15) is 17.2 Å². The molecule has 4 heterocycles. The van der Waals surface area contributed by atoms with Crippen LogP contribution in [-0.2, 0) is 6.54 Å². The Morgan fingerprint density at radius 2 is 1.91 bits per heavy atom. The summed E-state index contributed by atoms with van der Waals surface area (Å²) in [5.74, 6) is 3.28. The Hall–Kier alpha value is -2.97. The number of halogens is 1. The average molecular weight is 509 g/mol. The molecular formula is C25H25BrN4O3. The minimum absolute atomic E-state index is 0.455. The number of likely N-dealkylation sites (tertiary alicyclic amines) is 1. The van der Waals surface area contributed by atoms with Crippen molar-refractivity contribution in [2.24, 2.45) is 5.92 Å². The van der Waals surface area contributed by atoms with Crippen molar-refractivity contribution in [1.29, 1.82) is 0 Å². The summed E-state index contributed by atoms with van der Waals surface area (Å²) in [4.78, 5) is 11.4. The van der Waals surface area contributed by atoms with E-state index in [2.05, 4.69) is 36.0 Å². The van der Waals surface area contributed by atoms with Crippen LogP contribution >= 0.6 is 15.9 Å². The van der Waals surface area contributed by atoms with Crippen molar-refractivity contribution < 1.29 is 13.7 Å². The minimum Gasteiger partial charge on any atom is -0.493 e. The van der Waals surface area contributed by atoms with Crippen molar-refractivity contribution in [3.05, 3.63) is 70.7 Å². The third-order valence-corrected chi connectivity index (χ3v) is 6.25. The van der Waals surface area contributed by atoms with E-state index in [1.165, 1.54) is 0 Å². The maximum absolute atomic E-state index is 6.13. The molecule has 1 aliphatic heterocycles. The van der Waals surface area contributed by atoms with Gasteiger partial charge >= 0.3 is 0 Å². The van der Waals surface area contributed by atoms with Crippen LogP contribution in [0.5, 0.6) is 5.75 Å². The number of aromatic nitrogens is 3. The molecule has 4 aromatic rings. The second-order valence-electron chi connectivity index (χ2n) is 8.35. The van der Waals surface area contributed by atoms with Crippen LogP contribution in [0.3, 0.4) is 0 Å². The minimum atomic E-state index is 0.455. The van der Waals surface area contributed by atoms with Crippen molar-refractivity contribution in [2.45, 2.75) is 26.3 Å². The quantitative estimate of drug-likeness (QED) is 0.314. The number of rotatable bonds is 7. The lowest BCUT2D eigenvalue weighted by Gasteiger charge is -2.31. The SMILES string of the molecule is Cc1cccc(-c2noc(-c3cccc(OCC4CCN(Cc5ccc(Br)o5)CC4)c3)n2)n1. The second kappa shape index (κ2) is 9.89. The Morgan fingerprint density at radius 3 is 2.70 bits per heavy atom. The predicted molar refractivity (Wildman–Crippen MR) is 128 cm³/mol. The number of nitrogens with zero attached hydrogens (tertiary/aromatic N) is 4. The number of pyridine rings is 1. The molecule has 0 atom stereocenters. The molecule has 7 nitrogen and oxygen atoms in total. The molecule has 0 saturated carbocycles. The van der Waals surface area contributed by atoms with Gasteiger partial charge in [0.15, 0.2) is 4.67 Å². The molecule has 0 aliphatic carbocycles. The molecule has 170 valence electrons. The summed E-state index contributed by atoms with van der Waals surface area (Å²) >= 11 is 3.37. The van der Waals surface area contributed by atoms with Gasteiger partial charge in [-0.15, -0.1) is 0 Å². The number of piperidine rings is 1. The number of hydrogen-bond acceptors (Lipinski definition) is 7. The molecule has 1 aliphatic rings. The highest BCUT2D eigenvalue weighted by atomic mass is 79.9. The topological polar surface area (TPSA) is 77.4 Å². The monoisotopic (exact) mass is 508 g/mol. The van der Waals surface area contributed by atoms with Crippen LogP contribution in [0.4, 0.5) is 0 Å². The van der Waals surface area contributed by atoms with Crippen molar-refractivity contribution >= 4 is 15.9 Å². The van der Waals surface area contributed by atoms with E-state index in [9.17, 15) is 0 Å². The highest BCUT2D eigenvalue weighted by Gasteiger charge is 2.21. The second-order valence-corrected chi connectivity index (χ2v) is 9.13. The van der Waals surface area contributed by atoms with Crippen LogP contribution in [-0.4, -0.2) is 39.7 Å². The molecule has 33 heavy (non-hydrogen) atoms. The molecule has 8 heteroatoms. The Bertz CT molecular complexity index is 1210. The number of hydrogen-bond donors (Lipinski definition) is 0. The summed E-state index contributed by atoms with van der Waals surface area (Å²) in [6, 6.07) is 17.5. The maximum Gasteiger partial charge on any atom is 0.258 e. The molecule has 0 radical (unpaired) electrons. The molecule has 0 bridgehead atoms. The Kier molecular flexibility index (Phi) is 6.55. The van der Waals surface area contributed by atoms with Crippen LogP contribution < -0.4 is 4.74 Å². The van der Waals surface area contributed by atoms with E-state index in [4.69, 9.17) is 13.7 Å². The van der Waals surface area contributed by atoms with Crippen molar-refractivity contribution in [3.63, 3.8) is 0 Å². The van der Waals surface area contributed by atoms with Gasteiger partial charge in [0.05, 0.1) is 13.2 Å². The Balaban J connectivity index is 1.15. The first kappa shape index (κ1) is 21.9. The highest BCUT2D eigenvalue weighted by molar-refractivity contribution is 9.10. The van der Waals surface area contributed by atoms with Gasteiger partial charge in [-0.2, -0.15) is 4.98 Å². The smallest absolute Gasteiger partial charge is 0.258 e. The summed E-state index contributed by atoms with van der Waals surface area (Å²) in [6.07, 6.45) is 2.22. The van der Waals surface area contributed by atoms with E-state index in [0.717, 1.165) is 59.9 Å². The van der Waals surface area contributed by atoms with Gasteiger partial charge in [-0.05, 0) is 97.2 Å². The summed E-state index contributed by atoms with van der Waals surface area (Å²) in [5.41, 5.74) is 2.44.